The molecular weight excluding hydrogens is 978 g/mol. The van der Waals surface area contributed by atoms with E-state index in [1.165, 1.54) is 186 Å². The molecular formula is C67H123NO8P+. The first-order chi connectivity index (χ1) is 37.5. The van der Waals surface area contributed by atoms with Crippen molar-refractivity contribution in [3.05, 3.63) is 72.9 Å². The zero-order chi connectivity index (χ0) is 56.3. The van der Waals surface area contributed by atoms with Crippen molar-refractivity contribution in [3.8, 4) is 0 Å². The summed E-state index contributed by atoms with van der Waals surface area (Å²) in [4.78, 5) is 35.7. The Morgan fingerprint density at radius 1 is 0.416 bits per heavy atom. The number of rotatable bonds is 59. The second kappa shape index (κ2) is 58.1. The van der Waals surface area contributed by atoms with Crippen molar-refractivity contribution in [2.75, 3.05) is 47.5 Å². The quantitative estimate of drug-likeness (QED) is 0.0211. The number of allylic oxidation sites excluding steroid dienone is 12. The minimum atomic E-state index is -4.40. The molecule has 0 saturated carbocycles. The number of esters is 2. The van der Waals surface area contributed by atoms with Gasteiger partial charge >= 0.3 is 19.8 Å². The number of carbonyl (C=O) groups excluding carboxylic acids is 2. The molecule has 0 heterocycles. The Balaban J connectivity index is 4.07. The van der Waals surface area contributed by atoms with Gasteiger partial charge in [-0.2, -0.15) is 0 Å². The summed E-state index contributed by atoms with van der Waals surface area (Å²) in [6.07, 6.45) is 77.3. The van der Waals surface area contributed by atoms with Gasteiger partial charge in [0.2, 0.25) is 0 Å². The molecule has 0 aromatic heterocycles. The van der Waals surface area contributed by atoms with Crippen LogP contribution in [0.15, 0.2) is 72.9 Å². The lowest BCUT2D eigenvalue weighted by atomic mass is 10.0. The lowest BCUT2D eigenvalue weighted by molar-refractivity contribution is -0.870. The average molecular weight is 1100 g/mol. The van der Waals surface area contributed by atoms with E-state index in [1.807, 2.05) is 21.1 Å². The van der Waals surface area contributed by atoms with Crippen molar-refractivity contribution in [2.24, 2.45) is 0 Å². The van der Waals surface area contributed by atoms with Crippen LogP contribution in [0.2, 0.25) is 0 Å². The largest absolute Gasteiger partial charge is 0.472 e. The van der Waals surface area contributed by atoms with Gasteiger partial charge in [-0.3, -0.25) is 18.6 Å². The van der Waals surface area contributed by atoms with Crippen LogP contribution in [0.5, 0.6) is 0 Å². The van der Waals surface area contributed by atoms with E-state index < -0.39 is 26.5 Å². The van der Waals surface area contributed by atoms with Gasteiger partial charge < -0.3 is 18.9 Å². The van der Waals surface area contributed by atoms with Gasteiger partial charge in [0.1, 0.15) is 19.8 Å². The molecule has 2 atom stereocenters. The van der Waals surface area contributed by atoms with Crippen molar-refractivity contribution in [1.29, 1.82) is 0 Å². The van der Waals surface area contributed by atoms with Crippen LogP contribution < -0.4 is 0 Å². The van der Waals surface area contributed by atoms with Crippen molar-refractivity contribution in [1.82, 2.24) is 0 Å². The Hall–Kier alpha value is -2.55. The molecule has 9 nitrogen and oxygen atoms in total. The van der Waals surface area contributed by atoms with Gasteiger partial charge in [0.25, 0.3) is 0 Å². The summed E-state index contributed by atoms with van der Waals surface area (Å²) in [5.41, 5.74) is 0. The molecule has 0 amide bonds. The van der Waals surface area contributed by atoms with Crippen LogP contribution in [0.1, 0.15) is 290 Å². The van der Waals surface area contributed by atoms with Gasteiger partial charge in [0, 0.05) is 12.8 Å². The predicted molar refractivity (Wildman–Crippen MR) is 330 cm³/mol. The number of hydrogen-bond donors (Lipinski definition) is 1. The molecule has 0 fully saturated rings. The highest BCUT2D eigenvalue weighted by Gasteiger charge is 2.27. The highest BCUT2D eigenvalue weighted by molar-refractivity contribution is 7.47. The average Bonchev–Trinajstić information content (AvgIpc) is 3.39. The van der Waals surface area contributed by atoms with Crippen molar-refractivity contribution >= 4 is 19.8 Å². The van der Waals surface area contributed by atoms with Crippen LogP contribution in [0, 0.1) is 0 Å². The smallest absolute Gasteiger partial charge is 0.462 e. The van der Waals surface area contributed by atoms with E-state index in [4.69, 9.17) is 18.5 Å². The minimum absolute atomic E-state index is 0.0210. The van der Waals surface area contributed by atoms with Gasteiger partial charge in [-0.15, -0.1) is 0 Å². The van der Waals surface area contributed by atoms with E-state index >= 15 is 0 Å². The monoisotopic (exact) mass is 1100 g/mol. The zero-order valence-electron chi connectivity index (χ0n) is 50.9. The first-order valence-corrected chi connectivity index (χ1v) is 33.7. The lowest BCUT2D eigenvalue weighted by Crippen LogP contribution is -2.37. The molecule has 0 aliphatic rings. The molecule has 448 valence electrons. The SMILES string of the molecule is CC/C=C\C/C=C\C/C=C\C/C=C\C/C=C\C/C=C\CCCCC(=O)OC(COC(=O)CCCCCCCCCCCCCCCCCCCCCCCCCCCCCCCCCC)COP(=O)(O)OCC[N+](C)(C)C. The van der Waals surface area contributed by atoms with Crippen molar-refractivity contribution in [2.45, 2.75) is 296 Å². The zero-order valence-corrected chi connectivity index (χ0v) is 51.8. The van der Waals surface area contributed by atoms with E-state index in [-0.39, 0.29) is 32.0 Å². The summed E-state index contributed by atoms with van der Waals surface area (Å²) in [5, 5.41) is 0. The first kappa shape index (κ1) is 74.5. The van der Waals surface area contributed by atoms with Gasteiger partial charge in [-0.1, -0.05) is 286 Å². The van der Waals surface area contributed by atoms with Crippen LogP contribution in [-0.2, 0) is 32.7 Å². The van der Waals surface area contributed by atoms with Crippen LogP contribution in [0.4, 0.5) is 0 Å². The Bertz CT molecular complexity index is 1530. The number of carbonyl (C=O) groups is 2. The number of phosphoric acid groups is 1. The van der Waals surface area contributed by atoms with E-state index in [2.05, 4.69) is 86.8 Å². The number of hydrogen-bond acceptors (Lipinski definition) is 7. The summed E-state index contributed by atoms with van der Waals surface area (Å²) in [7, 11) is 1.45. The molecule has 0 aliphatic carbocycles. The van der Waals surface area contributed by atoms with Gasteiger partial charge in [-0.05, 0) is 64.2 Å². The third kappa shape index (κ3) is 62.5. The fourth-order valence-corrected chi connectivity index (χ4v) is 9.82. The summed E-state index contributed by atoms with van der Waals surface area (Å²) >= 11 is 0. The fourth-order valence-electron chi connectivity index (χ4n) is 9.08. The summed E-state index contributed by atoms with van der Waals surface area (Å²) < 4.78 is 34.6. The van der Waals surface area contributed by atoms with E-state index in [9.17, 15) is 19.0 Å². The lowest BCUT2D eigenvalue weighted by Gasteiger charge is -2.24. The Kier molecular flexibility index (Phi) is 56.2. The summed E-state index contributed by atoms with van der Waals surface area (Å²) in [6.45, 7) is 4.30. The second-order valence-electron chi connectivity index (χ2n) is 22.8. The molecule has 0 spiro atoms. The van der Waals surface area contributed by atoms with E-state index in [1.54, 1.807) is 0 Å². The molecule has 0 radical (unpaired) electrons. The molecule has 0 saturated heterocycles. The standard InChI is InChI=1S/C67H122NO8P/c1-6-8-10-12-14-16-18-20-22-24-26-28-29-30-31-32-33-34-35-36-37-38-40-41-43-45-47-49-51-53-55-57-59-66(69)73-63-65(64-75-77(71,72)74-62-61-68(3,4)5)76-67(70)60-58-56-54-52-50-48-46-44-42-39-27-25-23-21-19-17-15-13-11-9-7-2/h9,11,15,17,21,23,27,39,44,46,50,52,65H,6-8,10,12-14,16,18-20,22,24-26,28-38,40-43,45,47-49,51,53-64H2,1-5H3/p+1/b11-9-,17-15-,23-21-,39-27-,46-44-,52-50-. The number of ether oxygens (including phenoxy) is 2. The van der Waals surface area contributed by atoms with Crippen molar-refractivity contribution < 1.29 is 42.1 Å². The molecule has 0 aliphatic heterocycles. The van der Waals surface area contributed by atoms with Crippen LogP contribution >= 0.6 is 7.82 Å². The number of quaternary nitrogens is 1. The molecule has 0 aromatic carbocycles. The maximum atomic E-state index is 12.8. The number of likely N-dealkylation sites (N-methyl/N-ethyl adjacent to an activating group) is 1. The predicted octanol–water partition coefficient (Wildman–Crippen LogP) is 20.4. The van der Waals surface area contributed by atoms with Gasteiger partial charge in [0.15, 0.2) is 6.10 Å². The number of nitrogens with zero attached hydrogens (tertiary/aromatic N) is 1. The van der Waals surface area contributed by atoms with Crippen LogP contribution in [-0.4, -0.2) is 74.9 Å². The highest BCUT2D eigenvalue weighted by Crippen LogP contribution is 2.43. The third-order valence-electron chi connectivity index (χ3n) is 14.0. The number of unbranched alkanes of at least 4 members (excludes halogenated alkanes) is 33. The molecule has 77 heavy (non-hydrogen) atoms. The summed E-state index contributed by atoms with van der Waals surface area (Å²) in [6, 6.07) is 0. The molecule has 2 unspecified atom stereocenters. The Morgan fingerprint density at radius 2 is 0.740 bits per heavy atom. The van der Waals surface area contributed by atoms with E-state index in [0.29, 0.717) is 17.4 Å². The molecule has 0 bridgehead atoms. The number of phosphoric ester groups is 1. The molecule has 1 N–H and O–H groups in total. The van der Waals surface area contributed by atoms with Crippen molar-refractivity contribution in [3.63, 3.8) is 0 Å². The topological polar surface area (TPSA) is 108 Å². The summed E-state index contributed by atoms with van der Waals surface area (Å²) in [5.74, 6) is -0.841. The Labute approximate surface area is 476 Å². The molecule has 0 aromatic rings. The van der Waals surface area contributed by atoms with Crippen LogP contribution in [0.3, 0.4) is 0 Å². The molecule has 10 heteroatoms. The maximum absolute atomic E-state index is 12.8. The first-order valence-electron chi connectivity index (χ1n) is 32.2. The van der Waals surface area contributed by atoms with E-state index in [0.717, 1.165) is 70.6 Å². The minimum Gasteiger partial charge on any atom is -0.462 e. The van der Waals surface area contributed by atoms with Gasteiger partial charge in [0.05, 0.1) is 27.7 Å². The second-order valence-corrected chi connectivity index (χ2v) is 24.2. The van der Waals surface area contributed by atoms with Gasteiger partial charge in [-0.25, -0.2) is 4.57 Å². The normalized spacial score (nSPS) is 13.7. The molecule has 0 rings (SSSR count). The Morgan fingerprint density at radius 3 is 1.10 bits per heavy atom. The third-order valence-corrected chi connectivity index (χ3v) is 15.0. The maximum Gasteiger partial charge on any atom is 0.472 e. The highest BCUT2D eigenvalue weighted by atomic mass is 31.2. The fraction of sp³-hybridized carbons (Fsp3) is 0.791. The van der Waals surface area contributed by atoms with Crippen LogP contribution in [0.25, 0.3) is 0 Å².